The number of alkyl halides is 3. The molecular weight excluding hydrogens is 351 g/mol. The summed E-state index contributed by atoms with van der Waals surface area (Å²) in [5.41, 5.74) is 0.193. The molecule has 1 N–H and O–H groups in total. The smallest absolute Gasteiger partial charge is 0.286 e. The van der Waals surface area contributed by atoms with Gasteiger partial charge in [-0.2, -0.15) is 8.42 Å². The Morgan fingerprint density at radius 2 is 1.70 bits per heavy atom. The largest absolute Gasteiger partial charge is 0.493 e. The van der Waals surface area contributed by atoms with Crippen LogP contribution in [0.4, 0.5) is 5.69 Å². The van der Waals surface area contributed by atoms with Crippen LogP contribution >= 0.6 is 34.8 Å². The molecule has 0 saturated heterocycles. The van der Waals surface area contributed by atoms with Crippen molar-refractivity contribution in [1.29, 1.82) is 0 Å². The van der Waals surface area contributed by atoms with Crippen LogP contribution in [0.3, 0.4) is 0 Å². The number of ether oxygens (including phenoxy) is 2. The van der Waals surface area contributed by atoms with Crippen molar-refractivity contribution in [2.24, 2.45) is 4.40 Å². The molecule has 0 saturated carbocycles. The van der Waals surface area contributed by atoms with Crippen molar-refractivity contribution >= 4 is 56.3 Å². The highest BCUT2D eigenvalue weighted by molar-refractivity contribution is 7.90. The summed E-state index contributed by atoms with van der Waals surface area (Å²) in [6.45, 7) is 0. The Balaban J connectivity index is 2.65. The van der Waals surface area contributed by atoms with Gasteiger partial charge < -0.3 is 14.8 Å². The summed E-state index contributed by atoms with van der Waals surface area (Å²) in [5.74, 6) is 0.283. The third kappa shape index (κ3) is 2.76. The molecule has 0 spiro atoms. The van der Waals surface area contributed by atoms with Gasteiger partial charge >= 0.3 is 0 Å². The van der Waals surface area contributed by atoms with Crippen LogP contribution in [0.25, 0.3) is 0 Å². The van der Waals surface area contributed by atoms with Crippen LogP contribution < -0.4 is 14.8 Å². The summed E-state index contributed by atoms with van der Waals surface area (Å²) < 4.78 is 35.8. The minimum atomic E-state index is -4.00. The first-order chi connectivity index (χ1) is 9.19. The molecule has 1 aromatic rings. The highest BCUT2D eigenvalue weighted by Crippen LogP contribution is 2.40. The lowest BCUT2D eigenvalue weighted by Gasteiger charge is -2.23. The monoisotopic (exact) mass is 358 g/mol. The first-order valence-corrected chi connectivity index (χ1v) is 7.71. The number of amidine groups is 1. The second-order valence-electron chi connectivity index (χ2n) is 3.74. The summed E-state index contributed by atoms with van der Waals surface area (Å²) in [5, 5.41) is 2.66. The van der Waals surface area contributed by atoms with E-state index in [1.807, 2.05) is 0 Å². The zero-order valence-electron chi connectivity index (χ0n) is 10.3. The Labute approximate surface area is 130 Å². The third-order valence-corrected chi connectivity index (χ3v) is 4.35. The van der Waals surface area contributed by atoms with E-state index in [1.165, 1.54) is 26.4 Å². The molecule has 1 aromatic carbocycles. The van der Waals surface area contributed by atoms with Crippen molar-refractivity contribution in [3.8, 4) is 11.5 Å². The van der Waals surface area contributed by atoms with Crippen molar-refractivity contribution in [3.05, 3.63) is 12.1 Å². The number of benzene rings is 1. The fraction of sp³-hybridized carbons (Fsp3) is 0.300. The molecule has 0 unspecified atom stereocenters. The van der Waals surface area contributed by atoms with E-state index in [0.717, 1.165) is 0 Å². The van der Waals surface area contributed by atoms with Crippen LogP contribution in [0.1, 0.15) is 0 Å². The molecule has 0 bridgehead atoms. The average molecular weight is 360 g/mol. The second kappa shape index (κ2) is 5.14. The first kappa shape index (κ1) is 15.5. The molecule has 0 amide bonds. The molecule has 0 atom stereocenters. The maximum atomic E-state index is 12.1. The van der Waals surface area contributed by atoms with Crippen molar-refractivity contribution < 1.29 is 17.9 Å². The molecule has 1 aliphatic heterocycles. The van der Waals surface area contributed by atoms with E-state index < -0.39 is 13.8 Å². The lowest BCUT2D eigenvalue weighted by atomic mass is 10.2. The van der Waals surface area contributed by atoms with E-state index in [1.54, 1.807) is 0 Å². The molecule has 0 aliphatic carbocycles. The SMILES string of the molecule is COc1cc2c(cc1OC)S(=O)(=O)N=C(C(Cl)(Cl)Cl)N2. The lowest BCUT2D eigenvalue weighted by molar-refractivity contribution is 0.354. The number of halogens is 3. The zero-order valence-corrected chi connectivity index (χ0v) is 13.4. The topological polar surface area (TPSA) is 77.0 Å². The Morgan fingerprint density at radius 3 is 2.20 bits per heavy atom. The van der Waals surface area contributed by atoms with E-state index in [9.17, 15) is 8.42 Å². The quantitative estimate of drug-likeness (QED) is 0.821. The predicted octanol–water partition coefficient (Wildman–Crippen LogP) is 2.59. The molecule has 10 heteroatoms. The molecule has 20 heavy (non-hydrogen) atoms. The number of methoxy groups -OCH3 is 2. The van der Waals surface area contributed by atoms with Gasteiger partial charge in [-0.25, -0.2) is 0 Å². The van der Waals surface area contributed by atoms with Gasteiger partial charge in [0.15, 0.2) is 17.3 Å². The maximum Gasteiger partial charge on any atom is 0.286 e. The molecule has 1 aliphatic rings. The Bertz CT molecular complexity index is 682. The van der Waals surface area contributed by atoms with Gasteiger partial charge in [-0.3, -0.25) is 0 Å². The molecule has 1 heterocycles. The molecular formula is C10H9Cl3N2O4S. The van der Waals surface area contributed by atoms with Gasteiger partial charge in [-0.15, -0.1) is 4.40 Å². The van der Waals surface area contributed by atoms with E-state index in [2.05, 4.69) is 9.71 Å². The number of nitrogens with zero attached hydrogens (tertiary/aromatic N) is 1. The van der Waals surface area contributed by atoms with Crippen LogP contribution in [0, 0.1) is 0 Å². The Hall–Kier alpha value is -0.890. The van der Waals surface area contributed by atoms with Gasteiger partial charge in [0.1, 0.15) is 4.90 Å². The summed E-state index contributed by atoms with van der Waals surface area (Å²) >= 11 is 17.0. The van der Waals surface area contributed by atoms with Crippen LogP contribution in [0.5, 0.6) is 11.5 Å². The van der Waals surface area contributed by atoms with Crippen LogP contribution in [0.15, 0.2) is 21.4 Å². The number of rotatable bonds is 2. The van der Waals surface area contributed by atoms with Gasteiger partial charge in [0, 0.05) is 12.1 Å². The number of anilines is 1. The molecule has 0 aromatic heterocycles. The fourth-order valence-electron chi connectivity index (χ4n) is 1.61. The summed E-state index contributed by atoms with van der Waals surface area (Å²) in [6, 6.07) is 2.71. The van der Waals surface area contributed by atoms with Crippen LogP contribution in [0.2, 0.25) is 0 Å². The molecule has 0 radical (unpaired) electrons. The van der Waals surface area contributed by atoms with Crippen molar-refractivity contribution in [3.63, 3.8) is 0 Å². The van der Waals surface area contributed by atoms with E-state index >= 15 is 0 Å². The van der Waals surface area contributed by atoms with Crippen LogP contribution in [-0.2, 0) is 10.0 Å². The third-order valence-electron chi connectivity index (χ3n) is 2.50. The number of sulfonamides is 1. The van der Waals surface area contributed by atoms with Crippen molar-refractivity contribution in [2.75, 3.05) is 19.5 Å². The zero-order chi connectivity index (χ0) is 15.1. The summed E-state index contributed by atoms with van der Waals surface area (Å²) in [6.07, 6.45) is 0. The maximum absolute atomic E-state index is 12.1. The lowest BCUT2D eigenvalue weighted by Crippen LogP contribution is -2.32. The summed E-state index contributed by atoms with van der Waals surface area (Å²) in [7, 11) is -1.18. The predicted molar refractivity (Wildman–Crippen MR) is 78.1 cm³/mol. The van der Waals surface area contributed by atoms with E-state index in [0.29, 0.717) is 5.75 Å². The summed E-state index contributed by atoms with van der Waals surface area (Å²) in [4.78, 5) is -0.0897. The van der Waals surface area contributed by atoms with Gasteiger partial charge in [0.25, 0.3) is 10.0 Å². The highest BCUT2D eigenvalue weighted by Gasteiger charge is 2.36. The first-order valence-electron chi connectivity index (χ1n) is 5.14. The molecule has 0 fully saturated rings. The number of hydrogen-bond acceptors (Lipinski definition) is 5. The minimum Gasteiger partial charge on any atom is -0.493 e. The van der Waals surface area contributed by atoms with E-state index in [4.69, 9.17) is 44.3 Å². The highest BCUT2D eigenvalue weighted by atomic mass is 35.6. The van der Waals surface area contributed by atoms with Crippen LogP contribution in [-0.4, -0.2) is 32.3 Å². The minimum absolute atomic E-state index is 0.0897. The van der Waals surface area contributed by atoms with Gasteiger partial charge in [0.05, 0.1) is 19.9 Å². The second-order valence-corrected chi connectivity index (χ2v) is 7.59. The van der Waals surface area contributed by atoms with Gasteiger partial charge in [-0.1, -0.05) is 34.8 Å². The Morgan fingerprint density at radius 1 is 1.15 bits per heavy atom. The Kier molecular flexibility index (Phi) is 3.98. The van der Waals surface area contributed by atoms with Crippen molar-refractivity contribution in [2.45, 2.75) is 8.69 Å². The van der Waals surface area contributed by atoms with Gasteiger partial charge in [0.2, 0.25) is 3.79 Å². The fourth-order valence-corrected chi connectivity index (χ4v) is 3.20. The normalized spacial score (nSPS) is 16.8. The average Bonchev–Trinajstić information content (AvgIpc) is 2.35. The molecule has 6 nitrogen and oxygen atoms in total. The van der Waals surface area contributed by atoms with Crippen molar-refractivity contribution in [1.82, 2.24) is 0 Å². The number of fused-ring (bicyclic) bond motifs is 1. The number of hydrogen-bond donors (Lipinski definition) is 1. The molecule has 110 valence electrons. The standard InChI is InChI=1S/C10H9Cl3N2O4S/c1-18-6-3-5-8(4-7(6)19-2)20(16,17)15-9(14-5)10(11,12)13/h3-4H,1-2H3,(H,14,15). The number of nitrogens with one attached hydrogen (secondary N) is 1. The van der Waals surface area contributed by atoms with E-state index in [-0.39, 0.29) is 22.2 Å². The molecule has 2 rings (SSSR count). The van der Waals surface area contributed by atoms with Gasteiger partial charge in [-0.05, 0) is 0 Å².